The summed E-state index contributed by atoms with van der Waals surface area (Å²) in [6, 6.07) is 6.08. The maximum atomic E-state index is 13.1. The first-order chi connectivity index (χ1) is 12.1. The number of hydrogen-bond acceptors (Lipinski definition) is 4. The third kappa shape index (κ3) is 3.15. The molecule has 1 aliphatic rings. The van der Waals surface area contributed by atoms with Crippen LogP contribution in [0.3, 0.4) is 0 Å². The lowest BCUT2D eigenvalue weighted by atomic mass is 10.3. The Hall–Kier alpha value is -3.03. The van der Waals surface area contributed by atoms with Crippen molar-refractivity contribution in [1.82, 2.24) is 24.6 Å². The Balaban J connectivity index is 1.59. The molecule has 8 heteroatoms. The molecule has 0 atom stereocenters. The van der Waals surface area contributed by atoms with Crippen LogP contribution in [0.4, 0.5) is 4.39 Å². The monoisotopic (exact) mass is 341 g/mol. The van der Waals surface area contributed by atoms with Crippen LogP contribution in [-0.4, -0.2) is 31.3 Å². The minimum atomic E-state index is -0.347. The molecule has 1 amide bonds. The van der Waals surface area contributed by atoms with Crippen molar-refractivity contribution in [1.29, 1.82) is 0 Å². The van der Waals surface area contributed by atoms with E-state index in [1.807, 2.05) is 0 Å². The Morgan fingerprint density at radius 1 is 1.28 bits per heavy atom. The summed E-state index contributed by atoms with van der Waals surface area (Å²) in [7, 11) is 0. The first kappa shape index (κ1) is 15.5. The molecule has 0 unspecified atom stereocenters. The molecule has 25 heavy (non-hydrogen) atoms. The number of rotatable bonds is 5. The lowest BCUT2D eigenvalue weighted by molar-refractivity contribution is -0.121. The van der Waals surface area contributed by atoms with E-state index in [-0.39, 0.29) is 30.2 Å². The number of halogens is 1. The largest absolute Gasteiger partial charge is 0.353 e. The standard InChI is InChI=1S/C17H16FN5O2/c18-11-1-5-13(6-2-11)23-16-14(9-20-23)17(25)22(10-19-16)8-7-15(24)21-12-3-4-12/h1-2,5-6,9-10,12H,3-4,7-8H2,(H,21,24). The van der Waals surface area contributed by atoms with Gasteiger partial charge in [-0.15, -0.1) is 0 Å². The van der Waals surface area contributed by atoms with Crippen LogP contribution in [0.5, 0.6) is 0 Å². The van der Waals surface area contributed by atoms with Crippen molar-refractivity contribution in [3.05, 3.63) is 53.0 Å². The number of benzene rings is 1. The van der Waals surface area contributed by atoms with Gasteiger partial charge in [-0.05, 0) is 37.1 Å². The van der Waals surface area contributed by atoms with Gasteiger partial charge in [0.1, 0.15) is 11.2 Å². The summed E-state index contributed by atoms with van der Waals surface area (Å²) in [5.74, 6) is -0.406. The zero-order chi connectivity index (χ0) is 17.4. The van der Waals surface area contributed by atoms with Crippen LogP contribution >= 0.6 is 0 Å². The van der Waals surface area contributed by atoms with Gasteiger partial charge >= 0.3 is 0 Å². The molecular weight excluding hydrogens is 325 g/mol. The number of amides is 1. The zero-order valence-corrected chi connectivity index (χ0v) is 13.4. The number of carbonyl (C=O) groups excluding carboxylic acids is 1. The van der Waals surface area contributed by atoms with Gasteiger partial charge in [0.15, 0.2) is 5.65 Å². The second kappa shape index (κ2) is 6.12. The maximum absolute atomic E-state index is 13.1. The van der Waals surface area contributed by atoms with Crippen molar-refractivity contribution >= 4 is 16.9 Å². The molecule has 0 bridgehead atoms. The van der Waals surface area contributed by atoms with Crippen LogP contribution in [0, 0.1) is 5.82 Å². The second-order valence-electron chi connectivity index (χ2n) is 6.10. The highest BCUT2D eigenvalue weighted by atomic mass is 19.1. The summed E-state index contributed by atoms with van der Waals surface area (Å²) in [4.78, 5) is 28.6. The highest BCUT2D eigenvalue weighted by Crippen LogP contribution is 2.18. The molecule has 4 rings (SSSR count). The van der Waals surface area contributed by atoms with E-state index in [0.29, 0.717) is 22.8 Å². The zero-order valence-electron chi connectivity index (χ0n) is 13.4. The molecule has 0 saturated heterocycles. The van der Waals surface area contributed by atoms with Crippen molar-refractivity contribution in [3.8, 4) is 5.69 Å². The molecule has 2 heterocycles. The second-order valence-corrected chi connectivity index (χ2v) is 6.10. The molecule has 0 radical (unpaired) electrons. The third-order valence-corrected chi connectivity index (χ3v) is 4.15. The van der Waals surface area contributed by atoms with Gasteiger partial charge < -0.3 is 5.32 Å². The minimum Gasteiger partial charge on any atom is -0.353 e. The third-order valence-electron chi connectivity index (χ3n) is 4.15. The Kier molecular flexibility index (Phi) is 3.79. The Labute approximate surface area is 142 Å². The fourth-order valence-electron chi connectivity index (χ4n) is 2.63. The first-order valence-electron chi connectivity index (χ1n) is 8.10. The fourth-order valence-corrected chi connectivity index (χ4v) is 2.63. The summed E-state index contributed by atoms with van der Waals surface area (Å²) in [5.41, 5.74) is 0.762. The molecule has 1 fully saturated rings. The van der Waals surface area contributed by atoms with Gasteiger partial charge in [-0.1, -0.05) is 0 Å². The number of aryl methyl sites for hydroxylation is 1. The van der Waals surface area contributed by atoms with Crippen molar-refractivity contribution in [3.63, 3.8) is 0 Å². The molecule has 7 nitrogen and oxygen atoms in total. The van der Waals surface area contributed by atoms with Crippen molar-refractivity contribution in [2.75, 3.05) is 0 Å². The quantitative estimate of drug-likeness (QED) is 0.760. The molecule has 128 valence electrons. The smallest absolute Gasteiger partial charge is 0.264 e. The predicted octanol–water partition coefficient (Wildman–Crippen LogP) is 1.39. The number of carbonyl (C=O) groups is 1. The first-order valence-corrected chi connectivity index (χ1v) is 8.10. The van der Waals surface area contributed by atoms with Crippen LogP contribution in [0.1, 0.15) is 19.3 Å². The maximum Gasteiger partial charge on any atom is 0.264 e. The van der Waals surface area contributed by atoms with Crippen LogP contribution in [0.25, 0.3) is 16.7 Å². The normalized spacial score (nSPS) is 14.0. The molecule has 2 aromatic heterocycles. The van der Waals surface area contributed by atoms with E-state index in [2.05, 4.69) is 15.4 Å². The van der Waals surface area contributed by atoms with Crippen molar-refractivity contribution in [2.24, 2.45) is 0 Å². The summed E-state index contributed by atoms with van der Waals surface area (Å²) in [6.07, 6.45) is 5.14. The van der Waals surface area contributed by atoms with Crippen LogP contribution in [0.2, 0.25) is 0 Å². The Morgan fingerprint density at radius 2 is 2.04 bits per heavy atom. The Morgan fingerprint density at radius 3 is 2.76 bits per heavy atom. The number of hydrogen-bond donors (Lipinski definition) is 1. The van der Waals surface area contributed by atoms with Gasteiger partial charge in [0, 0.05) is 19.0 Å². The molecule has 0 aliphatic heterocycles. The van der Waals surface area contributed by atoms with Gasteiger partial charge in [0.05, 0.1) is 18.2 Å². The van der Waals surface area contributed by atoms with Gasteiger partial charge in [-0.25, -0.2) is 14.1 Å². The average Bonchev–Trinajstić information content (AvgIpc) is 3.30. The molecule has 1 saturated carbocycles. The number of fused-ring (bicyclic) bond motifs is 1. The summed E-state index contributed by atoms with van der Waals surface area (Å²) in [5, 5.41) is 7.42. The lowest BCUT2D eigenvalue weighted by Gasteiger charge is -2.07. The molecular formula is C17H16FN5O2. The van der Waals surface area contributed by atoms with Crippen LogP contribution in [-0.2, 0) is 11.3 Å². The van der Waals surface area contributed by atoms with E-state index in [0.717, 1.165) is 12.8 Å². The van der Waals surface area contributed by atoms with E-state index in [1.165, 1.54) is 33.9 Å². The van der Waals surface area contributed by atoms with E-state index in [9.17, 15) is 14.0 Å². The van der Waals surface area contributed by atoms with E-state index in [4.69, 9.17) is 0 Å². The molecule has 1 aliphatic carbocycles. The van der Waals surface area contributed by atoms with Crippen molar-refractivity contribution in [2.45, 2.75) is 31.8 Å². The van der Waals surface area contributed by atoms with Gasteiger partial charge in [-0.2, -0.15) is 5.10 Å². The Bertz CT molecular complexity index is 988. The van der Waals surface area contributed by atoms with E-state index in [1.54, 1.807) is 12.1 Å². The summed E-state index contributed by atoms with van der Waals surface area (Å²) < 4.78 is 16.0. The van der Waals surface area contributed by atoms with E-state index < -0.39 is 0 Å². The SMILES string of the molecule is O=C(CCn1cnc2c(cnn2-c2ccc(F)cc2)c1=O)NC1CC1. The van der Waals surface area contributed by atoms with Crippen molar-refractivity contribution < 1.29 is 9.18 Å². The molecule has 1 N–H and O–H groups in total. The summed E-state index contributed by atoms with van der Waals surface area (Å²) in [6.45, 7) is 0.266. The average molecular weight is 341 g/mol. The van der Waals surface area contributed by atoms with Crippen LogP contribution in [0.15, 0.2) is 41.6 Å². The topological polar surface area (TPSA) is 81.8 Å². The van der Waals surface area contributed by atoms with Gasteiger partial charge in [-0.3, -0.25) is 14.2 Å². The van der Waals surface area contributed by atoms with E-state index >= 15 is 0 Å². The predicted molar refractivity (Wildman–Crippen MR) is 88.9 cm³/mol. The minimum absolute atomic E-state index is 0.0588. The molecule has 3 aromatic rings. The van der Waals surface area contributed by atoms with Gasteiger partial charge in [0.25, 0.3) is 5.56 Å². The lowest BCUT2D eigenvalue weighted by Crippen LogP contribution is -2.28. The molecule has 1 aromatic carbocycles. The van der Waals surface area contributed by atoms with Gasteiger partial charge in [0.2, 0.25) is 5.91 Å². The fraction of sp³-hybridized carbons (Fsp3) is 0.294. The van der Waals surface area contributed by atoms with Crippen LogP contribution < -0.4 is 10.9 Å². The summed E-state index contributed by atoms with van der Waals surface area (Å²) >= 11 is 0. The number of nitrogens with one attached hydrogen (secondary N) is 1. The molecule has 0 spiro atoms. The highest BCUT2D eigenvalue weighted by molar-refractivity contribution is 5.77. The highest BCUT2D eigenvalue weighted by Gasteiger charge is 2.23. The number of aromatic nitrogens is 4. The number of nitrogens with zero attached hydrogens (tertiary/aromatic N) is 4.